The second-order valence-corrected chi connectivity index (χ2v) is 8.10. The summed E-state index contributed by atoms with van der Waals surface area (Å²) in [6.07, 6.45) is 0. The first-order valence-electron chi connectivity index (χ1n) is 8.49. The molecule has 0 spiro atoms. The van der Waals surface area contributed by atoms with Gasteiger partial charge in [-0.15, -0.1) is 10.2 Å². The quantitative estimate of drug-likeness (QED) is 0.472. The molecule has 0 aliphatic rings. The van der Waals surface area contributed by atoms with Crippen LogP contribution >= 0.6 is 11.3 Å². The minimum atomic E-state index is -0.463. The van der Waals surface area contributed by atoms with Crippen LogP contribution in [0.15, 0.2) is 48.5 Å². The van der Waals surface area contributed by atoms with E-state index >= 15 is 0 Å². The van der Waals surface area contributed by atoms with E-state index < -0.39 is 11.0 Å². The number of nitrogens with one attached hydrogen (secondary N) is 2. The number of hydrogen-bond donors (Lipinski definition) is 2. The van der Waals surface area contributed by atoms with Gasteiger partial charge in [-0.3, -0.25) is 15.4 Å². The second-order valence-electron chi connectivity index (χ2n) is 7.12. The molecule has 0 aliphatic carbocycles. The number of non-ortho nitro benzene ring substituents is 1. The summed E-state index contributed by atoms with van der Waals surface area (Å²) >= 11 is 1.18. The van der Waals surface area contributed by atoms with Gasteiger partial charge in [0.1, 0.15) is 5.01 Å². The van der Waals surface area contributed by atoms with Crippen LogP contribution in [0.4, 0.5) is 21.3 Å². The molecule has 3 aromatic rings. The van der Waals surface area contributed by atoms with Gasteiger partial charge in [0.15, 0.2) is 0 Å². The number of benzene rings is 2. The fraction of sp³-hybridized carbons (Fsp3) is 0.211. The van der Waals surface area contributed by atoms with Crippen molar-refractivity contribution in [2.75, 3.05) is 10.6 Å². The van der Waals surface area contributed by atoms with Gasteiger partial charge < -0.3 is 5.32 Å². The lowest BCUT2D eigenvalue weighted by molar-refractivity contribution is -0.384. The molecule has 28 heavy (non-hydrogen) atoms. The Morgan fingerprint density at radius 3 is 2.21 bits per heavy atom. The van der Waals surface area contributed by atoms with Crippen LogP contribution in [-0.4, -0.2) is 21.2 Å². The topological polar surface area (TPSA) is 110 Å². The Balaban J connectivity index is 1.63. The summed E-state index contributed by atoms with van der Waals surface area (Å²) in [7, 11) is 0. The molecule has 0 saturated heterocycles. The maximum absolute atomic E-state index is 12.2. The summed E-state index contributed by atoms with van der Waals surface area (Å²) < 4.78 is 0. The maximum Gasteiger partial charge on any atom is 0.325 e. The Kier molecular flexibility index (Phi) is 5.36. The Morgan fingerprint density at radius 1 is 1.00 bits per heavy atom. The molecule has 9 heteroatoms. The fourth-order valence-corrected chi connectivity index (χ4v) is 3.17. The van der Waals surface area contributed by atoms with E-state index in [4.69, 9.17) is 0 Å². The van der Waals surface area contributed by atoms with Crippen LogP contribution in [0.3, 0.4) is 0 Å². The number of nitro benzene ring substituents is 1. The SMILES string of the molecule is CC(C)(C)c1ccc(NC(=O)Nc2nnc(-c3ccc([N+](=O)[O-])cc3)s2)cc1. The average molecular weight is 397 g/mol. The number of hydrogen-bond acceptors (Lipinski definition) is 6. The van der Waals surface area contributed by atoms with Crippen LogP contribution < -0.4 is 10.6 Å². The van der Waals surface area contributed by atoms with Crippen molar-refractivity contribution in [2.45, 2.75) is 26.2 Å². The molecule has 0 fully saturated rings. The maximum atomic E-state index is 12.2. The zero-order valence-electron chi connectivity index (χ0n) is 15.6. The molecule has 0 bridgehead atoms. The first kappa shape index (κ1) is 19.4. The van der Waals surface area contributed by atoms with Gasteiger partial charge in [0.25, 0.3) is 5.69 Å². The smallest absolute Gasteiger partial charge is 0.308 e. The van der Waals surface area contributed by atoms with Crippen LogP contribution in [0.5, 0.6) is 0 Å². The molecular formula is C19H19N5O3S. The van der Waals surface area contributed by atoms with E-state index in [0.29, 0.717) is 21.4 Å². The third-order valence-electron chi connectivity index (χ3n) is 3.98. The number of nitro groups is 1. The number of carbonyl (C=O) groups is 1. The molecule has 0 saturated carbocycles. The molecule has 2 amide bonds. The van der Waals surface area contributed by atoms with Crippen LogP contribution in [0.2, 0.25) is 0 Å². The van der Waals surface area contributed by atoms with Crippen LogP contribution in [0.1, 0.15) is 26.3 Å². The highest BCUT2D eigenvalue weighted by Gasteiger charge is 2.14. The van der Waals surface area contributed by atoms with Gasteiger partial charge >= 0.3 is 6.03 Å². The molecule has 0 unspecified atom stereocenters. The molecule has 8 nitrogen and oxygen atoms in total. The zero-order chi connectivity index (χ0) is 20.3. The fourth-order valence-electron chi connectivity index (χ4n) is 2.43. The Hall–Kier alpha value is -3.33. The van der Waals surface area contributed by atoms with Gasteiger partial charge in [0.2, 0.25) is 5.13 Å². The highest BCUT2D eigenvalue weighted by molar-refractivity contribution is 7.18. The second kappa shape index (κ2) is 7.73. The van der Waals surface area contributed by atoms with Crippen molar-refractivity contribution in [1.29, 1.82) is 0 Å². The van der Waals surface area contributed by atoms with Crippen molar-refractivity contribution in [2.24, 2.45) is 0 Å². The minimum Gasteiger partial charge on any atom is -0.308 e. The van der Waals surface area contributed by atoms with E-state index in [1.165, 1.54) is 29.0 Å². The summed E-state index contributed by atoms with van der Waals surface area (Å²) in [4.78, 5) is 22.4. The molecule has 2 aromatic carbocycles. The highest BCUT2D eigenvalue weighted by Crippen LogP contribution is 2.28. The lowest BCUT2D eigenvalue weighted by atomic mass is 9.87. The number of anilines is 2. The van der Waals surface area contributed by atoms with E-state index in [-0.39, 0.29) is 11.1 Å². The van der Waals surface area contributed by atoms with Crippen molar-refractivity contribution < 1.29 is 9.72 Å². The molecule has 144 valence electrons. The molecule has 0 aliphatic heterocycles. The third-order valence-corrected chi connectivity index (χ3v) is 4.87. The molecular weight excluding hydrogens is 378 g/mol. The van der Waals surface area contributed by atoms with E-state index in [2.05, 4.69) is 41.6 Å². The van der Waals surface area contributed by atoms with E-state index in [9.17, 15) is 14.9 Å². The van der Waals surface area contributed by atoms with Crippen molar-refractivity contribution in [3.05, 3.63) is 64.2 Å². The van der Waals surface area contributed by atoms with Crippen molar-refractivity contribution in [3.8, 4) is 10.6 Å². The first-order chi connectivity index (χ1) is 13.2. The summed E-state index contributed by atoms with van der Waals surface area (Å²) in [6, 6.07) is 13.2. The number of rotatable bonds is 4. The number of carbonyl (C=O) groups excluding carboxylic acids is 1. The van der Waals surface area contributed by atoms with Gasteiger partial charge in [-0.05, 0) is 35.2 Å². The average Bonchev–Trinajstić information content (AvgIpc) is 3.09. The minimum absolute atomic E-state index is 0.00321. The summed E-state index contributed by atoms with van der Waals surface area (Å²) in [6.45, 7) is 6.38. The van der Waals surface area contributed by atoms with Crippen molar-refractivity contribution in [1.82, 2.24) is 10.2 Å². The van der Waals surface area contributed by atoms with E-state index in [1.807, 2.05) is 24.3 Å². The van der Waals surface area contributed by atoms with Crippen molar-refractivity contribution >= 4 is 33.9 Å². The molecule has 2 N–H and O–H groups in total. The van der Waals surface area contributed by atoms with Crippen LogP contribution in [0.25, 0.3) is 10.6 Å². The molecule has 1 aromatic heterocycles. The Morgan fingerprint density at radius 2 is 1.64 bits per heavy atom. The predicted octanol–water partition coefficient (Wildman–Crippen LogP) is 5.05. The lowest BCUT2D eigenvalue weighted by Gasteiger charge is -2.19. The van der Waals surface area contributed by atoms with E-state index in [1.54, 1.807) is 12.1 Å². The Bertz CT molecular complexity index is 992. The zero-order valence-corrected chi connectivity index (χ0v) is 16.4. The van der Waals surface area contributed by atoms with Gasteiger partial charge in [-0.25, -0.2) is 4.79 Å². The molecule has 1 heterocycles. The monoisotopic (exact) mass is 397 g/mol. The van der Waals surface area contributed by atoms with Crippen molar-refractivity contribution in [3.63, 3.8) is 0 Å². The molecule has 3 rings (SSSR count). The highest BCUT2D eigenvalue weighted by atomic mass is 32.1. The summed E-state index contributed by atoms with van der Waals surface area (Å²) in [5.41, 5.74) is 2.58. The Labute approximate surface area is 165 Å². The van der Waals surface area contributed by atoms with E-state index in [0.717, 1.165) is 0 Å². The largest absolute Gasteiger partial charge is 0.325 e. The summed E-state index contributed by atoms with van der Waals surface area (Å²) in [5.74, 6) is 0. The number of nitrogens with zero attached hydrogens (tertiary/aromatic N) is 3. The molecule has 0 radical (unpaired) electrons. The van der Waals surface area contributed by atoms with Gasteiger partial charge in [0, 0.05) is 23.4 Å². The standard InChI is InChI=1S/C19H19N5O3S/c1-19(2,3)13-6-8-14(9-7-13)20-17(25)21-18-23-22-16(28-18)12-4-10-15(11-5-12)24(26)27/h4-11H,1-3H3,(H2,20,21,23,25). The van der Waals surface area contributed by atoms with Gasteiger partial charge in [0.05, 0.1) is 4.92 Å². The predicted molar refractivity (Wildman–Crippen MR) is 110 cm³/mol. The summed E-state index contributed by atoms with van der Waals surface area (Å²) in [5, 5.41) is 25.0. The van der Waals surface area contributed by atoms with Gasteiger partial charge in [-0.1, -0.05) is 44.2 Å². The number of amides is 2. The number of aromatic nitrogens is 2. The van der Waals surface area contributed by atoms with Gasteiger partial charge in [-0.2, -0.15) is 0 Å². The number of urea groups is 1. The normalized spacial score (nSPS) is 11.1. The molecule has 0 atom stereocenters. The van der Waals surface area contributed by atoms with Crippen LogP contribution in [0, 0.1) is 10.1 Å². The first-order valence-corrected chi connectivity index (χ1v) is 9.31. The lowest BCUT2D eigenvalue weighted by Crippen LogP contribution is -2.19. The van der Waals surface area contributed by atoms with Crippen LogP contribution in [-0.2, 0) is 5.41 Å². The third kappa shape index (κ3) is 4.68.